The molecule has 3 heteroatoms. The molecule has 0 spiro atoms. The van der Waals surface area contributed by atoms with Crippen molar-refractivity contribution < 1.29 is 0 Å². The van der Waals surface area contributed by atoms with E-state index in [1.165, 1.54) is 5.56 Å². The lowest BCUT2D eigenvalue weighted by Gasteiger charge is -1.98. The van der Waals surface area contributed by atoms with Crippen LogP contribution in [0.2, 0.25) is 0 Å². The van der Waals surface area contributed by atoms with Crippen molar-refractivity contribution in [3.05, 3.63) is 64.4 Å². The summed E-state index contributed by atoms with van der Waals surface area (Å²) in [5.74, 6) is 0. The lowest BCUT2D eigenvalue weighted by atomic mass is 10.1. The molecule has 0 radical (unpaired) electrons. The van der Waals surface area contributed by atoms with E-state index in [1.807, 2.05) is 12.3 Å². The Labute approximate surface area is 109 Å². The van der Waals surface area contributed by atoms with Crippen LogP contribution in [0.15, 0.2) is 53.1 Å². The number of nitrogens with zero attached hydrogens (tertiary/aromatic N) is 2. The maximum atomic E-state index is 4.46. The zero-order valence-electron chi connectivity index (χ0n) is 9.55. The lowest BCUT2D eigenvalue weighted by Crippen LogP contribution is -1.90. The summed E-state index contributed by atoms with van der Waals surface area (Å²) in [4.78, 5) is 6.79. The zero-order chi connectivity index (χ0) is 11.8. The number of rotatable bonds is 2. The van der Waals surface area contributed by atoms with Crippen molar-refractivity contribution in [1.82, 2.24) is 9.88 Å². The second-order valence-electron chi connectivity index (χ2n) is 4.36. The van der Waals surface area contributed by atoms with Crippen molar-refractivity contribution in [2.45, 2.75) is 12.1 Å². The normalized spacial score (nSPS) is 26.8. The molecule has 1 aliphatic rings. The molecular weight excluding hydrogens is 276 g/mol. The van der Waals surface area contributed by atoms with Gasteiger partial charge in [-0.3, -0.25) is 9.88 Å². The van der Waals surface area contributed by atoms with Gasteiger partial charge in [0.05, 0.1) is 17.8 Å². The van der Waals surface area contributed by atoms with Gasteiger partial charge < -0.3 is 0 Å². The standard InChI is InChI=1S/C14H13BrN2/c1-17-13(10-5-3-2-4-6-10)14(17)12-9-11(15)7-8-16-12/h2-9,13-14H,1H3. The number of aromatic nitrogens is 1. The van der Waals surface area contributed by atoms with Crippen LogP contribution < -0.4 is 0 Å². The number of hydrogen-bond acceptors (Lipinski definition) is 2. The first-order chi connectivity index (χ1) is 8.27. The zero-order valence-corrected chi connectivity index (χ0v) is 11.1. The van der Waals surface area contributed by atoms with Crippen LogP contribution >= 0.6 is 15.9 Å². The monoisotopic (exact) mass is 288 g/mol. The molecule has 2 nitrogen and oxygen atoms in total. The molecule has 86 valence electrons. The third-order valence-corrected chi connectivity index (χ3v) is 3.77. The SMILES string of the molecule is CN1C(c2ccccc2)C1c1cc(Br)ccn1. The van der Waals surface area contributed by atoms with E-state index in [9.17, 15) is 0 Å². The molecule has 17 heavy (non-hydrogen) atoms. The Morgan fingerprint density at radius 3 is 2.59 bits per heavy atom. The fraction of sp³-hybridized carbons (Fsp3) is 0.214. The van der Waals surface area contributed by atoms with Gasteiger partial charge in [-0.25, -0.2) is 0 Å². The third-order valence-electron chi connectivity index (χ3n) is 3.27. The van der Waals surface area contributed by atoms with E-state index in [-0.39, 0.29) is 0 Å². The van der Waals surface area contributed by atoms with Crippen LogP contribution in [0.25, 0.3) is 0 Å². The smallest absolute Gasteiger partial charge is 0.0724 e. The number of halogens is 1. The summed E-state index contributed by atoms with van der Waals surface area (Å²) in [6.45, 7) is 0. The molecule has 1 fully saturated rings. The molecule has 0 saturated carbocycles. The largest absolute Gasteiger partial charge is 0.287 e. The fourth-order valence-corrected chi connectivity index (χ4v) is 2.71. The Kier molecular flexibility index (Phi) is 2.73. The predicted octanol–water partition coefficient (Wildman–Crippen LogP) is 3.57. The van der Waals surface area contributed by atoms with Gasteiger partial charge in [0.2, 0.25) is 0 Å². The first-order valence-electron chi connectivity index (χ1n) is 5.66. The fourth-order valence-electron chi connectivity index (χ4n) is 2.36. The molecule has 3 rings (SSSR count). The second kappa shape index (κ2) is 4.24. The van der Waals surface area contributed by atoms with E-state index in [4.69, 9.17) is 0 Å². The third kappa shape index (κ3) is 2.01. The van der Waals surface area contributed by atoms with E-state index >= 15 is 0 Å². The van der Waals surface area contributed by atoms with E-state index in [0.29, 0.717) is 12.1 Å². The van der Waals surface area contributed by atoms with Crippen molar-refractivity contribution in [3.8, 4) is 0 Å². The average molecular weight is 289 g/mol. The first-order valence-corrected chi connectivity index (χ1v) is 6.45. The molecule has 1 aromatic heterocycles. The Morgan fingerprint density at radius 2 is 1.88 bits per heavy atom. The van der Waals surface area contributed by atoms with Crippen LogP contribution in [0.3, 0.4) is 0 Å². The van der Waals surface area contributed by atoms with Gasteiger partial charge in [-0.1, -0.05) is 46.3 Å². The maximum absolute atomic E-state index is 4.46. The Balaban J connectivity index is 1.88. The summed E-state index contributed by atoms with van der Waals surface area (Å²) < 4.78 is 1.09. The van der Waals surface area contributed by atoms with Gasteiger partial charge in [0.15, 0.2) is 0 Å². The van der Waals surface area contributed by atoms with Crippen molar-refractivity contribution in [2.75, 3.05) is 7.05 Å². The summed E-state index contributed by atoms with van der Waals surface area (Å²) >= 11 is 3.50. The highest BCUT2D eigenvalue weighted by atomic mass is 79.9. The second-order valence-corrected chi connectivity index (χ2v) is 5.28. The molecule has 1 saturated heterocycles. The maximum Gasteiger partial charge on any atom is 0.0724 e. The number of pyridine rings is 1. The highest BCUT2D eigenvalue weighted by Gasteiger charge is 2.47. The van der Waals surface area contributed by atoms with E-state index < -0.39 is 0 Å². The molecular formula is C14H13BrN2. The summed E-state index contributed by atoms with van der Waals surface area (Å²) in [7, 11) is 2.14. The van der Waals surface area contributed by atoms with Gasteiger partial charge in [-0.05, 0) is 24.7 Å². The summed E-state index contributed by atoms with van der Waals surface area (Å²) in [5, 5.41) is 0. The highest BCUT2D eigenvalue weighted by Crippen LogP contribution is 2.52. The van der Waals surface area contributed by atoms with Crippen LogP contribution in [0.1, 0.15) is 23.3 Å². The average Bonchev–Trinajstić information content (AvgIpc) is 3.02. The van der Waals surface area contributed by atoms with Crippen molar-refractivity contribution in [1.29, 1.82) is 0 Å². The molecule has 0 bridgehead atoms. The predicted molar refractivity (Wildman–Crippen MR) is 71.6 cm³/mol. The van der Waals surface area contributed by atoms with E-state index in [0.717, 1.165) is 10.2 Å². The number of benzene rings is 1. The van der Waals surface area contributed by atoms with Crippen LogP contribution in [0.5, 0.6) is 0 Å². The van der Waals surface area contributed by atoms with Crippen LogP contribution in [-0.4, -0.2) is 16.9 Å². The molecule has 3 unspecified atom stereocenters. The minimum atomic E-state index is 0.412. The van der Waals surface area contributed by atoms with Crippen LogP contribution in [0.4, 0.5) is 0 Å². The summed E-state index contributed by atoms with van der Waals surface area (Å²) in [6, 6.07) is 15.5. The number of hydrogen-bond donors (Lipinski definition) is 0. The quantitative estimate of drug-likeness (QED) is 0.786. The van der Waals surface area contributed by atoms with Gasteiger partial charge in [-0.2, -0.15) is 0 Å². The molecule has 0 aliphatic carbocycles. The van der Waals surface area contributed by atoms with Crippen LogP contribution in [0, 0.1) is 0 Å². The summed E-state index contributed by atoms with van der Waals surface area (Å²) in [5.41, 5.74) is 2.50. The Hall–Kier alpha value is -1.19. The first kappa shape index (κ1) is 10.9. The van der Waals surface area contributed by atoms with Crippen molar-refractivity contribution in [2.24, 2.45) is 0 Å². The molecule has 2 aromatic rings. The molecule has 0 N–H and O–H groups in total. The van der Waals surface area contributed by atoms with Crippen molar-refractivity contribution >= 4 is 15.9 Å². The summed E-state index contributed by atoms with van der Waals surface area (Å²) in [6.07, 6.45) is 1.85. The van der Waals surface area contributed by atoms with Crippen LogP contribution in [-0.2, 0) is 0 Å². The van der Waals surface area contributed by atoms with Gasteiger partial charge in [-0.15, -0.1) is 0 Å². The lowest BCUT2D eigenvalue weighted by molar-refractivity contribution is 0.592. The topological polar surface area (TPSA) is 15.9 Å². The highest BCUT2D eigenvalue weighted by molar-refractivity contribution is 9.10. The van der Waals surface area contributed by atoms with E-state index in [1.54, 1.807) is 0 Å². The van der Waals surface area contributed by atoms with Gasteiger partial charge >= 0.3 is 0 Å². The number of likely N-dealkylation sites (N-methyl/N-ethyl adjacent to an activating group) is 1. The minimum absolute atomic E-state index is 0.412. The molecule has 0 amide bonds. The van der Waals surface area contributed by atoms with Gasteiger partial charge in [0.1, 0.15) is 0 Å². The van der Waals surface area contributed by atoms with Gasteiger partial charge in [0.25, 0.3) is 0 Å². The minimum Gasteiger partial charge on any atom is -0.287 e. The molecule has 1 aliphatic heterocycles. The van der Waals surface area contributed by atoms with Gasteiger partial charge in [0, 0.05) is 10.7 Å². The molecule has 3 atom stereocenters. The van der Waals surface area contributed by atoms with Crippen molar-refractivity contribution in [3.63, 3.8) is 0 Å². The Bertz CT molecular complexity index is 527. The van der Waals surface area contributed by atoms with E-state index in [2.05, 4.69) is 69.3 Å². The molecule has 1 aromatic carbocycles. The molecule has 2 heterocycles. The Morgan fingerprint density at radius 1 is 1.12 bits per heavy atom.